The molecule has 0 bridgehead atoms. The van der Waals surface area contributed by atoms with Gasteiger partial charge in [0, 0.05) is 30.5 Å². The maximum atomic E-state index is 12.4. The fourth-order valence-electron chi connectivity index (χ4n) is 2.51. The van der Waals surface area contributed by atoms with Crippen LogP contribution in [-0.2, 0) is 0 Å². The molecule has 2 heterocycles. The molecule has 0 saturated heterocycles. The van der Waals surface area contributed by atoms with Crippen LogP contribution in [0.4, 0.5) is 11.6 Å². The Labute approximate surface area is 146 Å². The maximum absolute atomic E-state index is 12.4. The lowest BCUT2D eigenvalue weighted by atomic mass is 10.2. The number of fused-ring (bicyclic) bond motifs is 1. The van der Waals surface area contributed by atoms with E-state index < -0.39 is 0 Å². The van der Waals surface area contributed by atoms with E-state index in [9.17, 15) is 4.79 Å². The number of benzene rings is 1. The van der Waals surface area contributed by atoms with Crippen LogP contribution in [0.2, 0.25) is 0 Å². The topological polar surface area (TPSA) is 79.8 Å². The SMILES string of the molecule is CCCCCNc1ncc(C(=O)Nc2cccc3cccnc23)cn1. The van der Waals surface area contributed by atoms with E-state index in [-0.39, 0.29) is 5.91 Å². The number of unbranched alkanes of at least 4 members (excludes halogenated alkanes) is 2. The summed E-state index contributed by atoms with van der Waals surface area (Å²) in [4.78, 5) is 25.2. The van der Waals surface area contributed by atoms with Crippen LogP contribution in [0.25, 0.3) is 10.9 Å². The van der Waals surface area contributed by atoms with Crippen LogP contribution >= 0.6 is 0 Å². The highest BCUT2D eigenvalue weighted by molar-refractivity contribution is 6.08. The number of para-hydroxylation sites is 1. The number of anilines is 2. The number of aromatic nitrogens is 3. The molecular formula is C19H21N5O. The van der Waals surface area contributed by atoms with E-state index in [1.54, 1.807) is 6.20 Å². The van der Waals surface area contributed by atoms with Gasteiger partial charge < -0.3 is 10.6 Å². The second-order valence-corrected chi connectivity index (χ2v) is 5.76. The molecule has 0 aliphatic rings. The van der Waals surface area contributed by atoms with Crippen molar-refractivity contribution >= 4 is 28.4 Å². The smallest absolute Gasteiger partial charge is 0.258 e. The van der Waals surface area contributed by atoms with Crippen molar-refractivity contribution in [1.82, 2.24) is 15.0 Å². The maximum Gasteiger partial charge on any atom is 0.258 e. The van der Waals surface area contributed by atoms with Gasteiger partial charge >= 0.3 is 0 Å². The van der Waals surface area contributed by atoms with Crippen molar-refractivity contribution in [1.29, 1.82) is 0 Å². The molecule has 2 N–H and O–H groups in total. The number of hydrogen-bond acceptors (Lipinski definition) is 5. The molecule has 25 heavy (non-hydrogen) atoms. The lowest BCUT2D eigenvalue weighted by Crippen LogP contribution is -2.14. The molecule has 6 nitrogen and oxygen atoms in total. The molecule has 0 spiro atoms. The minimum Gasteiger partial charge on any atom is -0.354 e. The molecule has 3 aromatic rings. The average molecular weight is 335 g/mol. The molecule has 0 atom stereocenters. The van der Waals surface area contributed by atoms with Crippen LogP contribution < -0.4 is 10.6 Å². The quantitative estimate of drug-likeness (QED) is 0.641. The largest absolute Gasteiger partial charge is 0.354 e. The summed E-state index contributed by atoms with van der Waals surface area (Å²) in [6, 6.07) is 9.51. The van der Waals surface area contributed by atoms with Gasteiger partial charge in [-0.2, -0.15) is 0 Å². The zero-order chi connectivity index (χ0) is 17.5. The van der Waals surface area contributed by atoms with E-state index in [0.717, 1.165) is 23.9 Å². The summed E-state index contributed by atoms with van der Waals surface area (Å²) in [5.41, 5.74) is 1.84. The summed E-state index contributed by atoms with van der Waals surface area (Å²) >= 11 is 0. The van der Waals surface area contributed by atoms with Crippen molar-refractivity contribution in [2.45, 2.75) is 26.2 Å². The van der Waals surface area contributed by atoms with Gasteiger partial charge in [-0.15, -0.1) is 0 Å². The van der Waals surface area contributed by atoms with E-state index in [4.69, 9.17) is 0 Å². The minimum atomic E-state index is -0.254. The zero-order valence-electron chi connectivity index (χ0n) is 14.2. The molecule has 0 fully saturated rings. The highest BCUT2D eigenvalue weighted by atomic mass is 16.1. The van der Waals surface area contributed by atoms with Crippen molar-refractivity contribution < 1.29 is 4.79 Å². The summed E-state index contributed by atoms with van der Waals surface area (Å²) in [7, 11) is 0. The van der Waals surface area contributed by atoms with Gasteiger partial charge in [0.25, 0.3) is 5.91 Å². The summed E-state index contributed by atoms with van der Waals surface area (Å²) in [5.74, 6) is 0.287. The molecule has 2 aromatic heterocycles. The number of nitrogens with one attached hydrogen (secondary N) is 2. The number of carbonyl (C=O) groups is 1. The van der Waals surface area contributed by atoms with E-state index in [2.05, 4.69) is 32.5 Å². The Morgan fingerprint density at radius 2 is 1.84 bits per heavy atom. The lowest BCUT2D eigenvalue weighted by Gasteiger charge is -2.08. The number of hydrogen-bond donors (Lipinski definition) is 2. The standard InChI is InChI=1S/C19H21N5O/c1-2-3-4-10-21-19-22-12-15(13-23-19)18(25)24-16-9-5-7-14-8-6-11-20-17(14)16/h5-9,11-13H,2-4,10H2,1H3,(H,24,25)(H,21,22,23). The average Bonchev–Trinajstić information content (AvgIpc) is 2.66. The molecule has 0 radical (unpaired) electrons. The Bertz CT molecular complexity index is 843. The van der Waals surface area contributed by atoms with Gasteiger partial charge in [-0.25, -0.2) is 9.97 Å². The van der Waals surface area contributed by atoms with Gasteiger partial charge in [-0.1, -0.05) is 38.0 Å². The first-order chi connectivity index (χ1) is 12.3. The monoisotopic (exact) mass is 335 g/mol. The van der Waals surface area contributed by atoms with E-state index in [1.807, 2.05) is 30.3 Å². The van der Waals surface area contributed by atoms with Crippen LogP contribution in [0.1, 0.15) is 36.5 Å². The molecule has 0 unspecified atom stereocenters. The molecule has 0 aliphatic heterocycles. The highest BCUT2D eigenvalue weighted by Crippen LogP contribution is 2.21. The molecular weight excluding hydrogens is 314 g/mol. The minimum absolute atomic E-state index is 0.254. The fourth-order valence-corrected chi connectivity index (χ4v) is 2.51. The van der Waals surface area contributed by atoms with Crippen LogP contribution in [0, 0.1) is 0 Å². The lowest BCUT2D eigenvalue weighted by molar-refractivity contribution is 0.102. The Balaban J connectivity index is 1.66. The van der Waals surface area contributed by atoms with E-state index in [1.165, 1.54) is 25.2 Å². The van der Waals surface area contributed by atoms with E-state index >= 15 is 0 Å². The molecule has 6 heteroatoms. The number of rotatable bonds is 7. The van der Waals surface area contributed by atoms with Crippen molar-refractivity contribution in [2.75, 3.05) is 17.2 Å². The number of nitrogens with zero attached hydrogens (tertiary/aromatic N) is 3. The predicted molar refractivity (Wildman–Crippen MR) is 99.7 cm³/mol. The van der Waals surface area contributed by atoms with Crippen LogP contribution in [0.3, 0.4) is 0 Å². The molecule has 3 rings (SSSR count). The van der Waals surface area contributed by atoms with Crippen LogP contribution in [0.15, 0.2) is 48.9 Å². The van der Waals surface area contributed by atoms with Crippen molar-refractivity contribution in [2.24, 2.45) is 0 Å². The van der Waals surface area contributed by atoms with Crippen molar-refractivity contribution in [3.63, 3.8) is 0 Å². The van der Waals surface area contributed by atoms with Gasteiger partial charge in [0.05, 0.1) is 16.8 Å². The Morgan fingerprint density at radius 3 is 2.64 bits per heavy atom. The molecule has 0 saturated carbocycles. The highest BCUT2D eigenvalue weighted by Gasteiger charge is 2.10. The summed E-state index contributed by atoms with van der Waals surface area (Å²) < 4.78 is 0. The van der Waals surface area contributed by atoms with E-state index in [0.29, 0.717) is 17.2 Å². The molecule has 0 aliphatic carbocycles. The predicted octanol–water partition coefficient (Wildman–Crippen LogP) is 3.88. The fraction of sp³-hybridized carbons (Fsp3) is 0.263. The third kappa shape index (κ3) is 4.29. The Kier molecular flexibility index (Phi) is 5.51. The van der Waals surface area contributed by atoms with Gasteiger partial charge in [-0.3, -0.25) is 9.78 Å². The Morgan fingerprint density at radius 1 is 1.04 bits per heavy atom. The third-order valence-corrected chi connectivity index (χ3v) is 3.86. The first-order valence-electron chi connectivity index (χ1n) is 8.49. The molecule has 1 aromatic carbocycles. The van der Waals surface area contributed by atoms with Gasteiger partial charge in [0.2, 0.25) is 5.95 Å². The zero-order valence-corrected chi connectivity index (χ0v) is 14.2. The number of carbonyl (C=O) groups excluding carboxylic acids is 1. The number of pyridine rings is 1. The summed E-state index contributed by atoms with van der Waals surface area (Å²) in [5, 5.41) is 7.01. The summed E-state index contributed by atoms with van der Waals surface area (Å²) in [6.07, 6.45) is 8.19. The third-order valence-electron chi connectivity index (χ3n) is 3.86. The van der Waals surface area contributed by atoms with Gasteiger partial charge in [0.1, 0.15) is 0 Å². The van der Waals surface area contributed by atoms with Crippen LogP contribution in [0.5, 0.6) is 0 Å². The summed E-state index contributed by atoms with van der Waals surface area (Å²) in [6.45, 7) is 3.00. The van der Waals surface area contributed by atoms with Gasteiger partial charge in [0.15, 0.2) is 0 Å². The van der Waals surface area contributed by atoms with Crippen molar-refractivity contribution in [3.8, 4) is 0 Å². The second-order valence-electron chi connectivity index (χ2n) is 5.76. The normalized spacial score (nSPS) is 10.6. The van der Waals surface area contributed by atoms with Crippen molar-refractivity contribution in [3.05, 3.63) is 54.5 Å². The first kappa shape index (κ1) is 16.8. The van der Waals surface area contributed by atoms with Gasteiger partial charge in [-0.05, 0) is 18.6 Å². The van der Waals surface area contributed by atoms with Crippen LogP contribution in [-0.4, -0.2) is 27.4 Å². The Hall–Kier alpha value is -3.02. The second kappa shape index (κ2) is 8.19. The molecule has 128 valence electrons. The molecule has 1 amide bonds. The number of amides is 1. The first-order valence-corrected chi connectivity index (χ1v) is 8.49.